The number of hydrogen-bond acceptors (Lipinski definition) is 3. The summed E-state index contributed by atoms with van der Waals surface area (Å²) in [7, 11) is 0. The molecule has 1 unspecified atom stereocenters. The Hall–Kier alpha value is -4.70. The van der Waals surface area contributed by atoms with E-state index in [9.17, 15) is 9.59 Å². The fourth-order valence-electron chi connectivity index (χ4n) is 5.59. The first-order valence-electron chi connectivity index (χ1n) is 12.1. The molecule has 36 heavy (non-hydrogen) atoms. The van der Waals surface area contributed by atoms with Crippen LogP contribution in [0.5, 0.6) is 0 Å². The van der Waals surface area contributed by atoms with Gasteiger partial charge in [0.15, 0.2) is 11.2 Å². The van der Waals surface area contributed by atoms with E-state index in [1.54, 1.807) is 0 Å². The molecule has 0 saturated carbocycles. The van der Waals surface area contributed by atoms with Gasteiger partial charge in [0.05, 0.1) is 22.8 Å². The molecule has 4 heteroatoms. The number of hydrogen-bond donors (Lipinski definition) is 0. The minimum Gasteiger partial charge on any atom is -0.330 e. The summed E-state index contributed by atoms with van der Waals surface area (Å²) >= 11 is 0. The molecule has 172 valence electrons. The maximum atomic E-state index is 13.9. The molecule has 2 aliphatic rings. The molecule has 1 aliphatic carbocycles. The Morgan fingerprint density at radius 2 is 1.39 bits per heavy atom. The fraction of sp³-hybridized carbons (Fsp3) is 0.0625. The van der Waals surface area contributed by atoms with Crippen LogP contribution >= 0.6 is 0 Å². The molecule has 0 N–H and O–H groups in total. The van der Waals surface area contributed by atoms with E-state index in [0.29, 0.717) is 16.3 Å². The smallest absolute Gasteiger partial charge is 0.197 e. The van der Waals surface area contributed by atoms with Crippen LogP contribution in [0.3, 0.4) is 0 Å². The Morgan fingerprint density at radius 3 is 2.17 bits per heavy atom. The van der Waals surface area contributed by atoms with E-state index < -0.39 is 0 Å². The number of aromatic nitrogens is 1. The summed E-state index contributed by atoms with van der Waals surface area (Å²) in [6.07, 6.45) is 6.96. The Labute approximate surface area is 208 Å². The predicted molar refractivity (Wildman–Crippen MR) is 146 cm³/mol. The van der Waals surface area contributed by atoms with Crippen molar-refractivity contribution in [2.45, 2.75) is 12.5 Å². The normalized spacial score (nSPS) is 16.7. The minimum absolute atomic E-state index is 0.0219. The number of nitrogens with zero attached hydrogens (tertiary/aromatic N) is 2. The second-order valence-electron chi connectivity index (χ2n) is 9.21. The molecule has 0 radical (unpaired) electrons. The number of carbonyl (C=O) groups excluding carboxylic acids is 1. The highest BCUT2D eigenvalue weighted by atomic mass is 16.1. The summed E-state index contributed by atoms with van der Waals surface area (Å²) in [6, 6.07) is 31.4. The van der Waals surface area contributed by atoms with Gasteiger partial charge in [0.25, 0.3) is 0 Å². The number of pyridine rings is 1. The highest BCUT2D eigenvalue weighted by Gasteiger charge is 2.37. The van der Waals surface area contributed by atoms with Gasteiger partial charge >= 0.3 is 0 Å². The largest absolute Gasteiger partial charge is 0.330 e. The van der Waals surface area contributed by atoms with Crippen LogP contribution in [0.15, 0.2) is 126 Å². The number of Topliss-reactive ketones (excluding diaryl/α,β-unsaturated/α-hetero) is 1. The van der Waals surface area contributed by atoms with Gasteiger partial charge in [-0.05, 0) is 55.0 Å². The van der Waals surface area contributed by atoms with Crippen molar-refractivity contribution in [2.24, 2.45) is 0 Å². The zero-order valence-corrected chi connectivity index (χ0v) is 19.5. The summed E-state index contributed by atoms with van der Waals surface area (Å²) in [6.45, 7) is 0. The third-order valence-electron chi connectivity index (χ3n) is 7.19. The lowest BCUT2D eigenvalue weighted by atomic mass is 9.85. The molecular weight excluding hydrogens is 444 g/mol. The molecule has 2 heterocycles. The molecule has 1 atom stereocenters. The third kappa shape index (κ3) is 2.94. The molecule has 4 nitrogen and oxygen atoms in total. The van der Waals surface area contributed by atoms with E-state index in [-0.39, 0.29) is 17.3 Å². The maximum Gasteiger partial charge on any atom is 0.197 e. The fourth-order valence-corrected chi connectivity index (χ4v) is 5.59. The summed E-state index contributed by atoms with van der Waals surface area (Å²) in [5.41, 5.74) is 5.61. The summed E-state index contributed by atoms with van der Waals surface area (Å²) < 4.78 is 2.09. The van der Waals surface area contributed by atoms with Gasteiger partial charge in [-0.1, -0.05) is 66.8 Å². The van der Waals surface area contributed by atoms with Crippen molar-refractivity contribution in [2.75, 3.05) is 4.90 Å². The van der Waals surface area contributed by atoms with E-state index in [4.69, 9.17) is 0 Å². The number of allylic oxidation sites excluding steroid dienone is 2. The molecule has 7 rings (SSSR count). The van der Waals surface area contributed by atoms with Gasteiger partial charge in [0, 0.05) is 33.3 Å². The van der Waals surface area contributed by atoms with Gasteiger partial charge in [0.2, 0.25) is 0 Å². The monoisotopic (exact) mass is 466 g/mol. The minimum atomic E-state index is -0.199. The van der Waals surface area contributed by atoms with Crippen LogP contribution in [-0.2, 0) is 0 Å². The maximum absolute atomic E-state index is 13.9. The van der Waals surface area contributed by atoms with E-state index in [1.807, 2.05) is 103 Å². The van der Waals surface area contributed by atoms with E-state index in [1.165, 1.54) is 0 Å². The predicted octanol–water partition coefficient (Wildman–Crippen LogP) is 6.73. The Kier molecular flexibility index (Phi) is 4.55. The van der Waals surface area contributed by atoms with Crippen LogP contribution in [0.2, 0.25) is 0 Å². The molecule has 0 saturated heterocycles. The second kappa shape index (κ2) is 7.92. The second-order valence-corrected chi connectivity index (χ2v) is 9.21. The van der Waals surface area contributed by atoms with Crippen molar-refractivity contribution in [3.63, 3.8) is 0 Å². The van der Waals surface area contributed by atoms with Gasteiger partial charge in [-0.2, -0.15) is 0 Å². The molecule has 4 aromatic carbocycles. The number of rotatable bonds is 2. The lowest BCUT2D eigenvalue weighted by Gasteiger charge is -2.39. The van der Waals surface area contributed by atoms with E-state index >= 15 is 0 Å². The van der Waals surface area contributed by atoms with Gasteiger partial charge in [0.1, 0.15) is 0 Å². The first kappa shape index (κ1) is 20.7. The van der Waals surface area contributed by atoms with Crippen LogP contribution in [0.1, 0.15) is 16.8 Å². The van der Waals surface area contributed by atoms with Gasteiger partial charge < -0.3 is 9.47 Å². The van der Waals surface area contributed by atoms with Crippen LogP contribution in [0.25, 0.3) is 27.5 Å². The topological polar surface area (TPSA) is 42.3 Å². The lowest BCUT2D eigenvalue weighted by Crippen LogP contribution is -2.40. The highest BCUT2D eigenvalue weighted by molar-refractivity contribution is 6.18. The first-order valence-corrected chi connectivity index (χ1v) is 12.1. The Balaban J connectivity index is 1.63. The number of anilines is 2. The molecule has 0 fully saturated rings. The number of benzene rings is 4. The number of fused-ring (bicyclic) bond motifs is 4. The van der Waals surface area contributed by atoms with E-state index in [0.717, 1.165) is 40.1 Å². The van der Waals surface area contributed by atoms with Crippen LogP contribution in [0.4, 0.5) is 11.4 Å². The Morgan fingerprint density at radius 1 is 0.694 bits per heavy atom. The van der Waals surface area contributed by atoms with Gasteiger partial charge in [-0.25, -0.2) is 0 Å². The van der Waals surface area contributed by atoms with Crippen molar-refractivity contribution in [1.29, 1.82) is 0 Å². The average Bonchev–Trinajstić information content (AvgIpc) is 2.94. The van der Waals surface area contributed by atoms with Gasteiger partial charge in [-0.15, -0.1) is 0 Å². The molecule has 0 amide bonds. The molecule has 1 aromatic heterocycles. The Bertz CT molecular complexity index is 1800. The van der Waals surface area contributed by atoms with Crippen molar-refractivity contribution in [3.8, 4) is 5.69 Å². The van der Waals surface area contributed by atoms with Crippen molar-refractivity contribution in [1.82, 2.24) is 4.57 Å². The summed E-state index contributed by atoms with van der Waals surface area (Å²) in [4.78, 5) is 29.9. The summed E-state index contributed by atoms with van der Waals surface area (Å²) in [5, 5.41) is 1.25. The summed E-state index contributed by atoms with van der Waals surface area (Å²) in [5.74, 6) is 0.0219. The number of para-hydroxylation sites is 3. The van der Waals surface area contributed by atoms with Crippen molar-refractivity contribution < 1.29 is 4.79 Å². The average molecular weight is 467 g/mol. The van der Waals surface area contributed by atoms with Crippen molar-refractivity contribution >= 4 is 39.0 Å². The molecule has 0 spiro atoms. The molecule has 0 bridgehead atoms. The molecule has 1 aliphatic heterocycles. The number of carbonyl (C=O) groups is 1. The van der Waals surface area contributed by atoms with E-state index in [2.05, 4.69) is 21.6 Å². The van der Waals surface area contributed by atoms with Gasteiger partial charge in [-0.3, -0.25) is 9.59 Å². The van der Waals surface area contributed by atoms with Crippen LogP contribution in [-0.4, -0.2) is 16.4 Å². The van der Waals surface area contributed by atoms with Crippen molar-refractivity contribution in [3.05, 3.63) is 137 Å². The highest BCUT2D eigenvalue weighted by Crippen LogP contribution is 2.42. The quantitative estimate of drug-likeness (QED) is 0.214. The molecular formula is C32H22N2O2. The SMILES string of the molecule is O=C1C2=CCC=CC2N(c2ccccc2)c2cc3c(=O)c4ccccc4n(-c4ccccc4)c3cc21. The van der Waals surface area contributed by atoms with Crippen LogP contribution in [0, 0.1) is 0 Å². The first-order chi connectivity index (χ1) is 17.7. The zero-order valence-electron chi connectivity index (χ0n) is 19.5. The standard InChI is InChI=1S/C32H22N2O2/c35-31-23-15-7-9-17-27(23)33(21-11-3-1-4-12-21)29-19-26-30(20-25(29)31)34(22-13-5-2-6-14-22)28-18-10-8-16-24(28)32(26)36/h1-7,9-20,28H,8H2. The number of ketones is 1. The zero-order chi connectivity index (χ0) is 24.2. The third-order valence-corrected chi connectivity index (χ3v) is 7.19. The molecule has 5 aromatic rings. The van der Waals surface area contributed by atoms with Crippen LogP contribution < -0.4 is 10.3 Å². The lowest BCUT2D eigenvalue weighted by molar-refractivity contribution is 0.102.